The second kappa shape index (κ2) is 8.44. The highest BCUT2D eigenvalue weighted by atomic mass is 14.8. The lowest BCUT2D eigenvalue weighted by Gasteiger charge is -2.14. The Morgan fingerprint density at radius 2 is 1.54 bits per heavy atom. The molecule has 7 N–H and O–H groups in total. The maximum absolute atomic E-state index is 5.88. The van der Waals surface area contributed by atoms with Crippen molar-refractivity contribution in [3.05, 3.63) is 0 Å². The predicted molar refractivity (Wildman–Crippen MR) is 57.4 cm³/mol. The molecule has 0 bridgehead atoms. The summed E-state index contributed by atoms with van der Waals surface area (Å²) < 4.78 is 0. The molecule has 0 aliphatic heterocycles. The molecule has 0 spiro atoms. The van der Waals surface area contributed by atoms with Gasteiger partial charge in [0.25, 0.3) is 0 Å². The number of nitrogens with one attached hydrogen (secondary N) is 1. The highest BCUT2D eigenvalue weighted by Crippen LogP contribution is 2.03. The van der Waals surface area contributed by atoms with Crippen LogP contribution < -0.4 is 22.5 Å². The molecule has 0 aromatic carbocycles. The van der Waals surface area contributed by atoms with E-state index in [2.05, 4.69) is 5.32 Å². The van der Waals surface area contributed by atoms with Crippen molar-refractivity contribution >= 4 is 0 Å². The van der Waals surface area contributed by atoms with Crippen molar-refractivity contribution < 1.29 is 0 Å². The average Bonchev–Trinajstić information content (AvgIpc) is 2.12. The molecule has 0 aromatic rings. The maximum Gasteiger partial charge on any atom is 0.00514 e. The Bertz CT molecular complexity index is 108. The molecule has 2 atom stereocenters. The number of nitrogens with two attached hydrogens (primary N) is 3. The number of rotatable bonds is 8. The lowest BCUT2D eigenvalue weighted by molar-refractivity contribution is 0.479. The van der Waals surface area contributed by atoms with Gasteiger partial charge in [0, 0.05) is 12.1 Å². The lowest BCUT2D eigenvalue weighted by Crippen LogP contribution is -2.29. The Hall–Kier alpha value is -0.160. The second-order valence-electron chi connectivity index (χ2n) is 3.57. The maximum atomic E-state index is 5.88. The molecule has 0 aliphatic rings. The van der Waals surface area contributed by atoms with Gasteiger partial charge in [-0.25, -0.2) is 0 Å². The Balaban J connectivity index is 3.29. The SMILES string of the molecule is CNCCC(N)CCC(N)CCN. The van der Waals surface area contributed by atoms with Gasteiger partial charge in [-0.15, -0.1) is 0 Å². The van der Waals surface area contributed by atoms with Gasteiger partial charge < -0.3 is 22.5 Å². The van der Waals surface area contributed by atoms with Gasteiger partial charge in [0.15, 0.2) is 0 Å². The first kappa shape index (κ1) is 12.8. The minimum atomic E-state index is 0.227. The number of hydrogen-bond donors (Lipinski definition) is 4. The third-order valence-electron chi connectivity index (χ3n) is 2.21. The van der Waals surface area contributed by atoms with Crippen molar-refractivity contribution in [2.45, 2.75) is 37.8 Å². The van der Waals surface area contributed by atoms with Crippen LogP contribution in [0.1, 0.15) is 25.7 Å². The van der Waals surface area contributed by atoms with Crippen LogP contribution in [-0.4, -0.2) is 32.2 Å². The molecule has 4 heteroatoms. The Morgan fingerprint density at radius 1 is 1.00 bits per heavy atom. The summed E-state index contributed by atoms with van der Waals surface area (Å²) in [5.74, 6) is 0. The van der Waals surface area contributed by atoms with Gasteiger partial charge in [0.1, 0.15) is 0 Å². The van der Waals surface area contributed by atoms with E-state index < -0.39 is 0 Å². The Kier molecular flexibility index (Phi) is 8.33. The summed E-state index contributed by atoms with van der Waals surface area (Å²) in [6.07, 6.45) is 3.91. The molecule has 80 valence electrons. The molecular weight excluding hydrogens is 164 g/mol. The largest absolute Gasteiger partial charge is 0.330 e. The van der Waals surface area contributed by atoms with E-state index in [0.717, 1.165) is 32.2 Å². The van der Waals surface area contributed by atoms with Crippen molar-refractivity contribution in [3.63, 3.8) is 0 Å². The molecule has 13 heavy (non-hydrogen) atoms. The van der Waals surface area contributed by atoms with Gasteiger partial charge in [-0.3, -0.25) is 0 Å². The van der Waals surface area contributed by atoms with E-state index >= 15 is 0 Å². The van der Waals surface area contributed by atoms with E-state index in [0.29, 0.717) is 6.54 Å². The van der Waals surface area contributed by atoms with Crippen LogP contribution in [0.3, 0.4) is 0 Å². The van der Waals surface area contributed by atoms with Crippen molar-refractivity contribution in [3.8, 4) is 0 Å². The van der Waals surface area contributed by atoms with Crippen molar-refractivity contribution in [1.29, 1.82) is 0 Å². The van der Waals surface area contributed by atoms with Crippen LogP contribution in [0.2, 0.25) is 0 Å². The molecule has 0 heterocycles. The molecule has 2 unspecified atom stereocenters. The fourth-order valence-corrected chi connectivity index (χ4v) is 1.26. The lowest BCUT2D eigenvalue weighted by atomic mass is 10.0. The fourth-order valence-electron chi connectivity index (χ4n) is 1.26. The summed E-state index contributed by atoms with van der Waals surface area (Å²) >= 11 is 0. The summed E-state index contributed by atoms with van der Waals surface area (Å²) in [4.78, 5) is 0. The van der Waals surface area contributed by atoms with Crippen molar-refractivity contribution in [1.82, 2.24) is 5.32 Å². The summed E-state index contributed by atoms with van der Waals surface area (Å²) in [6.45, 7) is 1.65. The molecule has 0 aromatic heterocycles. The van der Waals surface area contributed by atoms with E-state index in [9.17, 15) is 0 Å². The molecule has 0 rings (SSSR count). The molecular formula is C9H24N4. The molecule has 0 radical (unpaired) electrons. The molecule has 0 amide bonds. The van der Waals surface area contributed by atoms with Crippen molar-refractivity contribution in [2.24, 2.45) is 17.2 Å². The van der Waals surface area contributed by atoms with Crippen LogP contribution in [0.25, 0.3) is 0 Å². The zero-order valence-corrected chi connectivity index (χ0v) is 8.63. The topological polar surface area (TPSA) is 90.1 Å². The van der Waals surface area contributed by atoms with Crippen LogP contribution in [0.5, 0.6) is 0 Å². The smallest absolute Gasteiger partial charge is 0.00514 e. The molecule has 0 saturated heterocycles. The summed E-state index contributed by atoms with van der Waals surface area (Å²) in [5, 5.41) is 3.08. The minimum Gasteiger partial charge on any atom is -0.330 e. The van der Waals surface area contributed by atoms with E-state index in [4.69, 9.17) is 17.2 Å². The normalized spacial score (nSPS) is 15.7. The van der Waals surface area contributed by atoms with Gasteiger partial charge in [-0.05, 0) is 45.8 Å². The van der Waals surface area contributed by atoms with E-state index in [1.165, 1.54) is 0 Å². The van der Waals surface area contributed by atoms with Gasteiger partial charge in [0.2, 0.25) is 0 Å². The third-order valence-corrected chi connectivity index (χ3v) is 2.21. The average molecular weight is 188 g/mol. The monoisotopic (exact) mass is 188 g/mol. The zero-order chi connectivity index (χ0) is 10.1. The van der Waals surface area contributed by atoms with Gasteiger partial charge in [0.05, 0.1) is 0 Å². The molecule has 0 fully saturated rings. The van der Waals surface area contributed by atoms with Gasteiger partial charge in [-0.2, -0.15) is 0 Å². The van der Waals surface area contributed by atoms with Gasteiger partial charge in [-0.1, -0.05) is 0 Å². The third kappa shape index (κ3) is 8.18. The predicted octanol–water partition coefficient (Wildman–Crippen LogP) is -0.620. The molecule has 4 nitrogen and oxygen atoms in total. The first-order valence-electron chi connectivity index (χ1n) is 5.06. The standard InChI is InChI=1S/C9H24N4/c1-13-7-5-9(12)3-2-8(11)4-6-10/h8-9,13H,2-7,10-12H2,1H3. The zero-order valence-electron chi connectivity index (χ0n) is 8.63. The van der Waals surface area contributed by atoms with E-state index in [-0.39, 0.29) is 12.1 Å². The first-order chi connectivity index (χ1) is 6.20. The summed E-state index contributed by atoms with van der Waals surface area (Å²) in [7, 11) is 1.94. The van der Waals surface area contributed by atoms with Crippen LogP contribution in [0.4, 0.5) is 0 Å². The fraction of sp³-hybridized carbons (Fsp3) is 1.00. The minimum absolute atomic E-state index is 0.227. The van der Waals surface area contributed by atoms with Crippen LogP contribution in [-0.2, 0) is 0 Å². The van der Waals surface area contributed by atoms with E-state index in [1.54, 1.807) is 0 Å². The Labute approximate surface area is 81.2 Å². The highest BCUT2D eigenvalue weighted by Gasteiger charge is 2.05. The molecule has 0 aliphatic carbocycles. The quantitative estimate of drug-likeness (QED) is 0.408. The van der Waals surface area contributed by atoms with E-state index in [1.807, 2.05) is 7.05 Å². The highest BCUT2D eigenvalue weighted by molar-refractivity contribution is 4.68. The number of hydrogen-bond acceptors (Lipinski definition) is 4. The Morgan fingerprint density at radius 3 is 2.00 bits per heavy atom. The summed E-state index contributed by atoms with van der Waals surface area (Å²) in [6, 6.07) is 0.502. The molecule has 0 saturated carbocycles. The summed E-state index contributed by atoms with van der Waals surface area (Å²) in [5.41, 5.74) is 17.1. The van der Waals surface area contributed by atoms with Crippen LogP contribution >= 0.6 is 0 Å². The van der Waals surface area contributed by atoms with Crippen LogP contribution in [0.15, 0.2) is 0 Å². The second-order valence-corrected chi connectivity index (χ2v) is 3.57. The van der Waals surface area contributed by atoms with Gasteiger partial charge >= 0.3 is 0 Å². The first-order valence-corrected chi connectivity index (χ1v) is 5.06. The van der Waals surface area contributed by atoms with Crippen molar-refractivity contribution in [2.75, 3.05) is 20.1 Å². The van der Waals surface area contributed by atoms with Crippen LogP contribution in [0, 0.1) is 0 Å².